The summed E-state index contributed by atoms with van der Waals surface area (Å²) < 4.78 is 0. The van der Waals surface area contributed by atoms with Gasteiger partial charge in [-0.05, 0) is 44.7 Å². The van der Waals surface area contributed by atoms with Gasteiger partial charge in [0, 0.05) is 24.8 Å². The summed E-state index contributed by atoms with van der Waals surface area (Å²) in [5.41, 5.74) is 4.92. The van der Waals surface area contributed by atoms with Crippen LogP contribution in [0.3, 0.4) is 0 Å². The largest absolute Gasteiger partial charge is 0.481 e. The lowest BCUT2D eigenvalue weighted by atomic mass is 9.74. The lowest BCUT2D eigenvalue weighted by Crippen LogP contribution is -2.45. The highest BCUT2D eigenvalue weighted by Crippen LogP contribution is 2.35. The first-order chi connectivity index (χ1) is 9.82. The van der Waals surface area contributed by atoms with Crippen molar-refractivity contribution >= 4 is 17.7 Å². The highest BCUT2D eigenvalue weighted by atomic mass is 16.4. The summed E-state index contributed by atoms with van der Waals surface area (Å²) >= 11 is 0. The number of anilines is 1. The van der Waals surface area contributed by atoms with Crippen LogP contribution in [0.2, 0.25) is 0 Å². The van der Waals surface area contributed by atoms with E-state index in [-0.39, 0.29) is 5.92 Å². The van der Waals surface area contributed by atoms with Crippen molar-refractivity contribution in [2.45, 2.75) is 26.7 Å². The second-order valence-electron chi connectivity index (χ2n) is 6.08. The van der Waals surface area contributed by atoms with Gasteiger partial charge in [-0.2, -0.15) is 0 Å². The Balaban J connectivity index is 2.20. The third-order valence-electron chi connectivity index (χ3n) is 4.35. The fraction of sp³-hybridized carbons (Fsp3) is 0.533. The first-order valence-corrected chi connectivity index (χ1v) is 7.06. The molecule has 0 spiro atoms. The number of carboxylic acid groups (broad SMARTS) is 1. The van der Waals surface area contributed by atoms with E-state index in [4.69, 9.17) is 5.73 Å². The Morgan fingerprint density at radius 3 is 2.81 bits per heavy atom. The van der Waals surface area contributed by atoms with Gasteiger partial charge in [0.15, 0.2) is 0 Å². The van der Waals surface area contributed by atoms with Gasteiger partial charge in [0.25, 0.3) is 0 Å². The van der Waals surface area contributed by atoms with Gasteiger partial charge < -0.3 is 15.7 Å². The monoisotopic (exact) mass is 291 g/mol. The number of hydrogen-bond acceptors (Lipinski definition) is 4. The number of aliphatic carboxylic acids is 1. The van der Waals surface area contributed by atoms with Gasteiger partial charge in [-0.15, -0.1) is 0 Å². The fourth-order valence-electron chi connectivity index (χ4n) is 2.69. The molecule has 1 aliphatic heterocycles. The summed E-state index contributed by atoms with van der Waals surface area (Å²) in [5, 5.41) is 9.37. The Morgan fingerprint density at radius 2 is 2.19 bits per heavy atom. The molecule has 6 heteroatoms. The number of carbonyl (C=O) groups excluding carboxylic acids is 1. The maximum absolute atomic E-state index is 11.4. The molecule has 0 radical (unpaired) electrons. The molecule has 0 saturated carbocycles. The number of primary amides is 1. The van der Waals surface area contributed by atoms with Crippen LogP contribution < -0.4 is 10.6 Å². The minimum atomic E-state index is -0.784. The van der Waals surface area contributed by atoms with E-state index in [1.54, 1.807) is 32.2 Å². The highest BCUT2D eigenvalue weighted by molar-refractivity contribution is 5.93. The molecule has 3 N–H and O–H groups in total. The predicted molar refractivity (Wildman–Crippen MR) is 79.1 cm³/mol. The van der Waals surface area contributed by atoms with Gasteiger partial charge >= 0.3 is 5.97 Å². The number of carbonyl (C=O) groups is 2. The molecule has 2 rings (SSSR count). The fourth-order valence-corrected chi connectivity index (χ4v) is 2.69. The number of hydrogen-bond donors (Lipinski definition) is 2. The molecule has 1 fully saturated rings. The normalized spacial score (nSPS) is 19.3. The Labute approximate surface area is 124 Å². The Hall–Kier alpha value is -2.11. The number of aromatic nitrogens is 1. The van der Waals surface area contributed by atoms with E-state index in [9.17, 15) is 14.7 Å². The van der Waals surface area contributed by atoms with Crippen LogP contribution in [-0.2, 0) is 4.79 Å². The van der Waals surface area contributed by atoms with E-state index in [0.29, 0.717) is 17.9 Å². The van der Waals surface area contributed by atoms with Gasteiger partial charge in [-0.3, -0.25) is 9.59 Å². The number of pyridine rings is 1. The molecule has 1 saturated heterocycles. The second-order valence-corrected chi connectivity index (χ2v) is 6.08. The molecule has 1 atom stereocenters. The van der Waals surface area contributed by atoms with Crippen molar-refractivity contribution in [2.75, 3.05) is 18.0 Å². The summed E-state index contributed by atoms with van der Waals surface area (Å²) in [7, 11) is 0. The summed E-state index contributed by atoms with van der Waals surface area (Å²) in [6, 6.07) is 3.24. The summed E-state index contributed by atoms with van der Waals surface area (Å²) in [6.45, 7) is 4.95. The van der Waals surface area contributed by atoms with Crippen LogP contribution in [0.1, 0.15) is 37.0 Å². The topological polar surface area (TPSA) is 96.5 Å². The third kappa shape index (κ3) is 3.15. The molecular weight excluding hydrogens is 270 g/mol. The lowest BCUT2D eigenvalue weighted by molar-refractivity contribution is -0.150. The second kappa shape index (κ2) is 5.71. The zero-order valence-corrected chi connectivity index (χ0v) is 12.4. The van der Waals surface area contributed by atoms with Crippen LogP contribution in [-0.4, -0.2) is 35.1 Å². The van der Waals surface area contributed by atoms with Crippen molar-refractivity contribution in [1.29, 1.82) is 0 Å². The van der Waals surface area contributed by atoms with Gasteiger partial charge in [-0.1, -0.05) is 0 Å². The van der Waals surface area contributed by atoms with Crippen molar-refractivity contribution in [3.8, 4) is 0 Å². The van der Waals surface area contributed by atoms with Crippen LogP contribution in [0.5, 0.6) is 0 Å². The van der Waals surface area contributed by atoms with Crippen molar-refractivity contribution in [3.05, 3.63) is 23.9 Å². The number of nitrogens with two attached hydrogens (primary N) is 1. The van der Waals surface area contributed by atoms with E-state index >= 15 is 0 Å². The van der Waals surface area contributed by atoms with Crippen molar-refractivity contribution in [2.24, 2.45) is 17.1 Å². The predicted octanol–water partition coefficient (Wildman–Crippen LogP) is 1.51. The standard InChI is InChI=1S/C15H21N3O3/c1-15(2,14(20)21)11-4-3-7-18(9-11)12-8-10(13(16)19)5-6-17-12/h5-6,8,11H,3-4,7,9H2,1-2H3,(H2,16,19)(H,20,21). The van der Waals surface area contributed by atoms with Crippen LogP contribution >= 0.6 is 0 Å². The average Bonchev–Trinajstić information content (AvgIpc) is 2.47. The molecule has 1 amide bonds. The SMILES string of the molecule is CC(C)(C(=O)O)C1CCCN(c2cc(C(N)=O)ccn2)C1. The van der Waals surface area contributed by atoms with Gasteiger partial charge in [0.05, 0.1) is 5.41 Å². The van der Waals surface area contributed by atoms with Crippen LogP contribution in [0.15, 0.2) is 18.3 Å². The summed E-state index contributed by atoms with van der Waals surface area (Å²) in [5.74, 6) is -0.550. The van der Waals surface area contributed by atoms with E-state index in [2.05, 4.69) is 4.98 Å². The van der Waals surface area contributed by atoms with E-state index in [0.717, 1.165) is 19.4 Å². The summed E-state index contributed by atoms with van der Waals surface area (Å²) in [6.07, 6.45) is 3.34. The van der Waals surface area contributed by atoms with E-state index in [1.165, 1.54) is 0 Å². The zero-order valence-electron chi connectivity index (χ0n) is 12.4. The van der Waals surface area contributed by atoms with Crippen LogP contribution in [0.25, 0.3) is 0 Å². The quantitative estimate of drug-likeness (QED) is 0.876. The third-order valence-corrected chi connectivity index (χ3v) is 4.35. The smallest absolute Gasteiger partial charge is 0.309 e. The first kappa shape index (κ1) is 15.3. The van der Waals surface area contributed by atoms with Crippen molar-refractivity contribution in [1.82, 2.24) is 4.98 Å². The maximum Gasteiger partial charge on any atom is 0.309 e. The number of amides is 1. The van der Waals surface area contributed by atoms with Crippen molar-refractivity contribution in [3.63, 3.8) is 0 Å². The number of carboxylic acids is 1. The van der Waals surface area contributed by atoms with Crippen LogP contribution in [0, 0.1) is 11.3 Å². The van der Waals surface area contributed by atoms with Crippen LogP contribution in [0.4, 0.5) is 5.82 Å². The average molecular weight is 291 g/mol. The minimum absolute atomic E-state index is 0.0442. The van der Waals surface area contributed by atoms with E-state index in [1.807, 2.05) is 4.90 Å². The Bertz CT molecular complexity index is 557. The number of piperidine rings is 1. The summed E-state index contributed by atoms with van der Waals surface area (Å²) in [4.78, 5) is 29.0. The molecule has 21 heavy (non-hydrogen) atoms. The maximum atomic E-state index is 11.4. The lowest BCUT2D eigenvalue weighted by Gasteiger charge is -2.39. The first-order valence-electron chi connectivity index (χ1n) is 7.06. The molecule has 1 unspecified atom stereocenters. The van der Waals surface area contributed by atoms with Gasteiger partial charge in [0.1, 0.15) is 5.82 Å². The number of nitrogens with zero attached hydrogens (tertiary/aromatic N) is 2. The molecule has 0 aliphatic carbocycles. The molecule has 0 bridgehead atoms. The molecular formula is C15H21N3O3. The molecule has 114 valence electrons. The van der Waals surface area contributed by atoms with Gasteiger partial charge in [0.2, 0.25) is 5.91 Å². The molecule has 1 aliphatic rings. The van der Waals surface area contributed by atoms with Crippen molar-refractivity contribution < 1.29 is 14.7 Å². The molecule has 1 aromatic heterocycles. The molecule has 2 heterocycles. The highest BCUT2D eigenvalue weighted by Gasteiger charge is 2.39. The number of rotatable bonds is 4. The van der Waals surface area contributed by atoms with E-state index < -0.39 is 17.3 Å². The molecule has 6 nitrogen and oxygen atoms in total. The molecule has 0 aromatic carbocycles. The Kier molecular flexibility index (Phi) is 4.16. The molecule has 1 aromatic rings. The minimum Gasteiger partial charge on any atom is -0.481 e. The Morgan fingerprint density at radius 1 is 1.48 bits per heavy atom. The zero-order chi connectivity index (χ0) is 15.6. The van der Waals surface area contributed by atoms with Gasteiger partial charge in [-0.25, -0.2) is 4.98 Å².